The zero-order valence-electron chi connectivity index (χ0n) is 16.9. The number of carbonyl (C=O) groups is 2. The van der Waals surface area contributed by atoms with Crippen molar-refractivity contribution in [3.05, 3.63) is 81.7 Å². The number of hydrogen-bond donors (Lipinski definition) is 0. The van der Waals surface area contributed by atoms with Gasteiger partial charge in [-0.25, -0.2) is 4.79 Å². The smallest absolute Gasteiger partial charge is 0.338 e. The number of esters is 1. The van der Waals surface area contributed by atoms with E-state index in [0.717, 1.165) is 28.1 Å². The van der Waals surface area contributed by atoms with Crippen molar-refractivity contribution in [1.29, 1.82) is 0 Å². The van der Waals surface area contributed by atoms with Crippen molar-refractivity contribution < 1.29 is 23.6 Å². The summed E-state index contributed by atoms with van der Waals surface area (Å²) in [6.07, 6.45) is 0. The Hall–Kier alpha value is -3.41. The van der Waals surface area contributed by atoms with Crippen LogP contribution in [-0.2, 0) is 11.3 Å². The second-order valence-corrected chi connectivity index (χ2v) is 6.93. The molecule has 0 fully saturated rings. The van der Waals surface area contributed by atoms with E-state index in [1.54, 1.807) is 30.3 Å². The van der Waals surface area contributed by atoms with Crippen LogP contribution in [0.15, 0.2) is 47.0 Å². The monoisotopic (exact) mass is 393 g/mol. The largest absolute Gasteiger partial charge is 0.489 e. The molecular formula is C23H23NO5. The van der Waals surface area contributed by atoms with Gasteiger partial charge in [-0.3, -0.25) is 4.79 Å². The van der Waals surface area contributed by atoms with Crippen molar-refractivity contribution in [2.75, 3.05) is 6.61 Å². The molecular weight excluding hydrogens is 370 g/mol. The van der Waals surface area contributed by atoms with E-state index in [1.165, 1.54) is 0 Å². The normalized spacial score (nSPS) is 10.6. The lowest BCUT2D eigenvalue weighted by Crippen LogP contribution is -2.15. The van der Waals surface area contributed by atoms with Crippen LogP contribution >= 0.6 is 0 Å². The van der Waals surface area contributed by atoms with E-state index in [9.17, 15) is 9.59 Å². The van der Waals surface area contributed by atoms with Gasteiger partial charge in [0.05, 0.1) is 16.8 Å². The number of benzene rings is 2. The minimum atomic E-state index is -0.555. The molecule has 150 valence electrons. The first-order chi connectivity index (χ1) is 13.8. The van der Waals surface area contributed by atoms with Gasteiger partial charge in [0, 0.05) is 5.56 Å². The van der Waals surface area contributed by atoms with Crippen molar-refractivity contribution in [3.8, 4) is 5.75 Å². The molecule has 2 aromatic carbocycles. The van der Waals surface area contributed by atoms with Crippen LogP contribution in [0.4, 0.5) is 0 Å². The third-order valence-electron chi connectivity index (χ3n) is 4.68. The number of ether oxygens (including phenoxy) is 2. The molecule has 6 nitrogen and oxygen atoms in total. The molecule has 3 aromatic rings. The summed E-state index contributed by atoms with van der Waals surface area (Å²) in [5.74, 6) is 0.545. The number of ketones is 1. The Labute approximate surface area is 169 Å². The van der Waals surface area contributed by atoms with E-state index < -0.39 is 5.97 Å². The van der Waals surface area contributed by atoms with Crippen LogP contribution < -0.4 is 4.74 Å². The molecule has 0 spiro atoms. The fourth-order valence-corrected chi connectivity index (χ4v) is 2.88. The van der Waals surface area contributed by atoms with Crippen molar-refractivity contribution in [3.63, 3.8) is 0 Å². The SMILES string of the molecule is Cc1ccc(C)c(C(=O)COC(=O)c2ccc(OCc3c(C)noc3C)cc2)c1. The summed E-state index contributed by atoms with van der Waals surface area (Å²) in [4.78, 5) is 24.6. The number of Topliss-reactive ketones (excluding diaryl/α,β-unsaturated/α-hetero) is 1. The Kier molecular flexibility index (Phi) is 6.12. The van der Waals surface area contributed by atoms with Crippen molar-refractivity contribution in [2.45, 2.75) is 34.3 Å². The molecule has 0 bridgehead atoms. The third kappa shape index (κ3) is 4.90. The van der Waals surface area contributed by atoms with Gasteiger partial charge in [-0.2, -0.15) is 0 Å². The van der Waals surface area contributed by atoms with Crippen LogP contribution in [0.1, 0.15) is 48.9 Å². The molecule has 0 amide bonds. The third-order valence-corrected chi connectivity index (χ3v) is 4.68. The minimum absolute atomic E-state index is 0.223. The van der Waals surface area contributed by atoms with Gasteiger partial charge in [-0.1, -0.05) is 22.9 Å². The maximum Gasteiger partial charge on any atom is 0.338 e. The van der Waals surface area contributed by atoms with Gasteiger partial charge in [0.2, 0.25) is 5.78 Å². The molecule has 1 heterocycles. The summed E-state index contributed by atoms with van der Waals surface area (Å²) in [6.45, 7) is 7.49. The molecule has 0 N–H and O–H groups in total. The predicted octanol–water partition coefficient (Wildman–Crippen LogP) is 4.53. The Morgan fingerprint density at radius 2 is 1.72 bits per heavy atom. The first-order valence-electron chi connectivity index (χ1n) is 9.27. The fourth-order valence-electron chi connectivity index (χ4n) is 2.88. The van der Waals surface area contributed by atoms with Crippen LogP contribution in [0.3, 0.4) is 0 Å². The standard InChI is InChI=1S/C23H23NO5/c1-14-5-6-15(2)20(11-14)22(25)13-28-23(26)18-7-9-19(10-8-18)27-12-21-16(3)24-29-17(21)4/h5-11H,12-13H2,1-4H3. The summed E-state index contributed by atoms with van der Waals surface area (Å²) in [5, 5.41) is 3.89. The minimum Gasteiger partial charge on any atom is -0.489 e. The molecule has 6 heteroatoms. The van der Waals surface area contributed by atoms with Crippen molar-refractivity contribution >= 4 is 11.8 Å². The number of rotatable bonds is 7. The van der Waals surface area contributed by atoms with Crippen LogP contribution in [0.25, 0.3) is 0 Å². The van der Waals surface area contributed by atoms with Gasteiger partial charge in [0.15, 0.2) is 6.61 Å². The topological polar surface area (TPSA) is 78.6 Å². The molecule has 0 saturated heterocycles. The second-order valence-electron chi connectivity index (χ2n) is 6.93. The van der Waals surface area contributed by atoms with Crippen LogP contribution in [-0.4, -0.2) is 23.5 Å². The molecule has 1 aromatic heterocycles. The predicted molar refractivity (Wildman–Crippen MR) is 107 cm³/mol. The summed E-state index contributed by atoms with van der Waals surface area (Å²) in [7, 11) is 0. The Balaban J connectivity index is 1.56. The van der Waals surface area contributed by atoms with Gasteiger partial charge in [-0.15, -0.1) is 0 Å². The first-order valence-corrected chi connectivity index (χ1v) is 9.27. The van der Waals surface area contributed by atoms with E-state index in [-0.39, 0.29) is 12.4 Å². The van der Waals surface area contributed by atoms with Gasteiger partial charge in [0.1, 0.15) is 18.1 Å². The number of hydrogen-bond acceptors (Lipinski definition) is 6. The average Bonchev–Trinajstić information content (AvgIpc) is 3.04. The number of carbonyl (C=O) groups excluding carboxylic acids is 2. The molecule has 3 rings (SSSR count). The Bertz CT molecular complexity index is 1010. The van der Waals surface area contributed by atoms with E-state index in [4.69, 9.17) is 14.0 Å². The van der Waals surface area contributed by atoms with E-state index in [0.29, 0.717) is 23.5 Å². The summed E-state index contributed by atoms with van der Waals surface area (Å²) >= 11 is 0. The second kappa shape index (κ2) is 8.73. The van der Waals surface area contributed by atoms with Crippen molar-refractivity contribution in [1.82, 2.24) is 5.16 Å². The van der Waals surface area contributed by atoms with Crippen LogP contribution in [0.2, 0.25) is 0 Å². The molecule has 0 saturated carbocycles. The van der Waals surface area contributed by atoms with Crippen LogP contribution in [0, 0.1) is 27.7 Å². The van der Waals surface area contributed by atoms with E-state index in [1.807, 2.05) is 39.8 Å². The zero-order chi connectivity index (χ0) is 21.0. The summed E-state index contributed by atoms with van der Waals surface area (Å²) in [5.41, 5.74) is 4.45. The lowest BCUT2D eigenvalue weighted by Gasteiger charge is -2.09. The highest BCUT2D eigenvalue weighted by Crippen LogP contribution is 2.18. The number of aromatic nitrogens is 1. The number of aryl methyl sites for hydroxylation is 4. The molecule has 0 aliphatic rings. The lowest BCUT2D eigenvalue weighted by molar-refractivity contribution is 0.0474. The maximum absolute atomic E-state index is 12.4. The molecule has 0 atom stereocenters. The Morgan fingerprint density at radius 3 is 2.38 bits per heavy atom. The molecule has 29 heavy (non-hydrogen) atoms. The highest BCUT2D eigenvalue weighted by molar-refractivity contribution is 6.00. The molecule has 0 aliphatic carbocycles. The molecule has 0 unspecified atom stereocenters. The fraction of sp³-hybridized carbons (Fsp3) is 0.261. The maximum atomic E-state index is 12.4. The summed E-state index contributed by atoms with van der Waals surface area (Å²) < 4.78 is 16.0. The van der Waals surface area contributed by atoms with E-state index in [2.05, 4.69) is 5.16 Å². The summed E-state index contributed by atoms with van der Waals surface area (Å²) in [6, 6.07) is 12.2. The highest BCUT2D eigenvalue weighted by atomic mass is 16.5. The first kappa shape index (κ1) is 20.3. The lowest BCUT2D eigenvalue weighted by atomic mass is 10.0. The van der Waals surface area contributed by atoms with Crippen molar-refractivity contribution in [2.24, 2.45) is 0 Å². The van der Waals surface area contributed by atoms with Gasteiger partial charge >= 0.3 is 5.97 Å². The van der Waals surface area contributed by atoms with Gasteiger partial charge < -0.3 is 14.0 Å². The number of nitrogens with zero attached hydrogens (tertiary/aromatic N) is 1. The quantitative estimate of drug-likeness (QED) is 0.434. The molecule has 0 aliphatic heterocycles. The zero-order valence-corrected chi connectivity index (χ0v) is 16.9. The van der Waals surface area contributed by atoms with Gasteiger partial charge in [-0.05, 0) is 63.6 Å². The van der Waals surface area contributed by atoms with Gasteiger partial charge in [0.25, 0.3) is 0 Å². The van der Waals surface area contributed by atoms with Crippen LogP contribution in [0.5, 0.6) is 5.75 Å². The van der Waals surface area contributed by atoms with E-state index >= 15 is 0 Å². The average molecular weight is 393 g/mol. The Morgan fingerprint density at radius 1 is 1.00 bits per heavy atom. The molecule has 0 radical (unpaired) electrons. The highest BCUT2D eigenvalue weighted by Gasteiger charge is 2.14.